The molecular formula is C24H18BClFN5O2. The molecule has 1 aromatic heterocycles. The first kappa shape index (κ1) is 24.5. The summed E-state index contributed by atoms with van der Waals surface area (Å²) >= 11 is 6.07. The number of hydrogen-bond donors (Lipinski definition) is 3. The molecule has 0 fully saturated rings. The average molecular weight is 474 g/mol. The van der Waals surface area contributed by atoms with E-state index in [0.717, 1.165) is 6.07 Å². The van der Waals surface area contributed by atoms with Crippen LogP contribution in [0.25, 0.3) is 0 Å². The molecule has 0 aliphatic heterocycles. The Morgan fingerprint density at radius 2 is 1.82 bits per heavy atom. The lowest BCUT2D eigenvalue weighted by atomic mass is 9.91. The quantitative estimate of drug-likeness (QED) is 0.230. The van der Waals surface area contributed by atoms with Gasteiger partial charge in [0.2, 0.25) is 0 Å². The molecular weight excluding hydrogens is 456 g/mol. The molecule has 10 heteroatoms. The minimum absolute atomic E-state index is 0.00746. The second-order valence-electron chi connectivity index (χ2n) is 7.34. The maximum atomic E-state index is 14.7. The predicted octanol–water partition coefficient (Wildman–Crippen LogP) is 3.04. The number of carbonyl (C=O) groups excluding carboxylic acids is 2. The van der Waals surface area contributed by atoms with Crippen molar-refractivity contribution in [3.63, 3.8) is 0 Å². The van der Waals surface area contributed by atoms with Crippen LogP contribution in [0.2, 0.25) is 5.02 Å². The van der Waals surface area contributed by atoms with E-state index in [9.17, 15) is 14.0 Å². The lowest BCUT2D eigenvalue weighted by Gasteiger charge is -2.16. The zero-order valence-corrected chi connectivity index (χ0v) is 19.0. The highest BCUT2D eigenvalue weighted by Gasteiger charge is 2.20. The van der Waals surface area contributed by atoms with Gasteiger partial charge in [-0.3, -0.25) is 15.0 Å². The molecule has 2 radical (unpaired) electrons. The molecule has 3 N–H and O–H groups in total. The fraction of sp³-hybridized carbons (Fsp3) is 0.0833. The second-order valence-corrected chi connectivity index (χ2v) is 7.78. The van der Waals surface area contributed by atoms with Crippen molar-refractivity contribution >= 4 is 54.1 Å². The molecule has 0 spiro atoms. The average Bonchev–Trinajstić information content (AvgIpc) is 2.80. The summed E-state index contributed by atoms with van der Waals surface area (Å²) in [6, 6.07) is 9.57. The van der Waals surface area contributed by atoms with Gasteiger partial charge in [0.05, 0.1) is 11.1 Å². The van der Waals surface area contributed by atoms with Crippen LogP contribution in [-0.4, -0.2) is 49.5 Å². The van der Waals surface area contributed by atoms with Crippen molar-refractivity contribution in [2.24, 2.45) is 0 Å². The highest BCUT2D eigenvalue weighted by molar-refractivity contribution is 6.41. The van der Waals surface area contributed by atoms with Crippen LogP contribution < -0.4 is 16.1 Å². The van der Waals surface area contributed by atoms with Gasteiger partial charge in [-0.15, -0.1) is 6.42 Å². The van der Waals surface area contributed by atoms with Gasteiger partial charge < -0.3 is 15.5 Å². The number of amidine groups is 1. The van der Waals surface area contributed by atoms with Crippen LogP contribution in [0.15, 0.2) is 48.7 Å². The Kier molecular flexibility index (Phi) is 7.34. The molecule has 0 bridgehead atoms. The number of pyridine rings is 1. The lowest BCUT2D eigenvalue weighted by Crippen LogP contribution is -2.25. The Morgan fingerprint density at radius 3 is 2.41 bits per heavy atom. The third-order valence-electron chi connectivity index (χ3n) is 4.72. The Labute approximate surface area is 202 Å². The van der Waals surface area contributed by atoms with Crippen LogP contribution in [0.5, 0.6) is 0 Å². The molecule has 2 aromatic carbocycles. The monoisotopic (exact) mass is 473 g/mol. The van der Waals surface area contributed by atoms with E-state index in [-0.39, 0.29) is 39.0 Å². The van der Waals surface area contributed by atoms with Gasteiger partial charge in [0.1, 0.15) is 25.3 Å². The largest absolute Gasteiger partial charge is 0.363 e. The summed E-state index contributed by atoms with van der Waals surface area (Å²) < 4.78 is 14.7. The highest BCUT2D eigenvalue weighted by Crippen LogP contribution is 2.22. The van der Waals surface area contributed by atoms with Gasteiger partial charge in [0.25, 0.3) is 11.8 Å². The molecule has 3 rings (SSSR count). The number of rotatable bonds is 5. The van der Waals surface area contributed by atoms with Gasteiger partial charge in [0, 0.05) is 42.1 Å². The van der Waals surface area contributed by atoms with E-state index in [1.165, 1.54) is 41.4 Å². The van der Waals surface area contributed by atoms with Gasteiger partial charge in [-0.2, -0.15) is 0 Å². The minimum atomic E-state index is -0.835. The van der Waals surface area contributed by atoms with Crippen LogP contribution in [0.1, 0.15) is 31.8 Å². The Hall–Kier alpha value is -4.16. The molecule has 7 nitrogen and oxygen atoms in total. The van der Waals surface area contributed by atoms with Crippen LogP contribution in [-0.2, 0) is 0 Å². The van der Waals surface area contributed by atoms with Crippen molar-refractivity contribution < 1.29 is 14.0 Å². The molecule has 0 aliphatic carbocycles. The Morgan fingerprint density at radius 1 is 1.12 bits per heavy atom. The van der Waals surface area contributed by atoms with Crippen LogP contribution in [0.4, 0.5) is 15.9 Å². The molecule has 0 aliphatic rings. The maximum absolute atomic E-state index is 14.7. The van der Waals surface area contributed by atoms with Crippen molar-refractivity contribution in [3.05, 3.63) is 81.8 Å². The molecule has 0 saturated carbocycles. The number of amides is 2. The molecule has 3 aromatic rings. The number of anilines is 2. The topological polar surface area (TPSA) is 98.2 Å². The first-order valence-corrected chi connectivity index (χ1v) is 10.2. The van der Waals surface area contributed by atoms with E-state index in [4.69, 9.17) is 31.3 Å². The summed E-state index contributed by atoms with van der Waals surface area (Å²) in [4.78, 5) is 31.3. The molecule has 2 amide bonds. The molecule has 1 heterocycles. The fourth-order valence-electron chi connectivity index (χ4n) is 2.97. The fourth-order valence-corrected chi connectivity index (χ4v) is 3.20. The van der Waals surface area contributed by atoms with E-state index < -0.39 is 17.6 Å². The zero-order chi connectivity index (χ0) is 25.0. The minimum Gasteiger partial charge on any atom is -0.363 e. The predicted molar refractivity (Wildman–Crippen MR) is 132 cm³/mol. The number of halogens is 2. The third kappa shape index (κ3) is 5.42. The van der Waals surface area contributed by atoms with Crippen molar-refractivity contribution in [1.82, 2.24) is 9.88 Å². The number of nitrogens with zero attached hydrogens (tertiary/aromatic N) is 2. The number of carbonyl (C=O) groups is 2. The summed E-state index contributed by atoms with van der Waals surface area (Å²) in [5.41, 5.74) is 0.458. The van der Waals surface area contributed by atoms with Crippen LogP contribution in [0.3, 0.4) is 0 Å². The lowest BCUT2D eigenvalue weighted by molar-refractivity contribution is 0.102. The summed E-state index contributed by atoms with van der Waals surface area (Å²) in [7, 11) is 9.31. The SMILES string of the molecule is [B]c1cc(Cl)cc(C(=O)Nc2ccc(C#C)cn2)c1NC(=O)c1ccc(C(=N)N(C)C)cc1F. The second kappa shape index (κ2) is 10.2. The normalized spacial score (nSPS) is 10.2. The first-order valence-electron chi connectivity index (χ1n) is 9.81. The maximum Gasteiger partial charge on any atom is 0.258 e. The number of aromatic nitrogens is 1. The van der Waals surface area contributed by atoms with E-state index in [1.54, 1.807) is 20.2 Å². The van der Waals surface area contributed by atoms with Crippen molar-refractivity contribution in [2.75, 3.05) is 24.7 Å². The summed E-state index contributed by atoms with van der Waals surface area (Å²) in [5, 5.41) is 13.2. The van der Waals surface area contributed by atoms with E-state index in [2.05, 4.69) is 21.5 Å². The summed E-state index contributed by atoms with van der Waals surface area (Å²) in [6.45, 7) is 0. The Bertz CT molecular complexity index is 1340. The van der Waals surface area contributed by atoms with Gasteiger partial charge in [-0.1, -0.05) is 29.1 Å². The van der Waals surface area contributed by atoms with Gasteiger partial charge in [-0.25, -0.2) is 9.37 Å². The highest BCUT2D eigenvalue weighted by atomic mass is 35.5. The van der Waals surface area contributed by atoms with Crippen molar-refractivity contribution in [2.45, 2.75) is 0 Å². The molecule has 34 heavy (non-hydrogen) atoms. The van der Waals surface area contributed by atoms with Crippen molar-refractivity contribution in [3.8, 4) is 12.3 Å². The summed E-state index contributed by atoms with van der Waals surface area (Å²) in [5.74, 6) is 0.390. The number of nitrogens with one attached hydrogen (secondary N) is 3. The molecule has 0 saturated heterocycles. The number of hydrogen-bond acceptors (Lipinski definition) is 4. The van der Waals surface area contributed by atoms with Crippen LogP contribution >= 0.6 is 11.6 Å². The van der Waals surface area contributed by atoms with Crippen molar-refractivity contribution in [1.29, 1.82) is 5.41 Å². The van der Waals surface area contributed by atoms with E-state index in [1.807, 2.05) is 0 Å². The first-order chi connectivity index (χ1) is 16.1. The molecule has 0 atom stereocenters. The van der Waals surface area contributed by atoms with E-state index >= 15 is 0 Å². The standard InChI is InChI=1S/C24H18BClFN5O2/c1-4-13-5-8-20(29-12-13)30-24(34)17-10-15(26)11-18(25)21(17)31-23(33)16-7-6-14(9-19(16)27)22(28)32(2)3/h1,5-12,28H,2-3H3,(H,31,33)(H,29,30,34). The third-order valence-corrected chi connectivity index (χ3v) is 4.94. The Balaban J connectivity index is 1.90. The molecule has 168 valence electrons. The zero-order valence-electron chi connectivity index (χ0n) is 18.2. The molecule has 0 unspecified atom stereocenters. The van der Waals surface area contributed by atoms with Gasteiger partial charge >= 0.3 is 0 Å². The van der Waals surface area contributed by atoms with Gasteiger partial charge in [0.15, 0.2) is 0 Å². The van der Waals surface area contributed by atoms with Crippen LogP contribution in [0, 0.1) is 23.6 Å². The number of terminal acetylenes is 1. The summed E-state index contributed by atoms with van der Waals surface area (Å²) in [6.07, 6.45) is 6.71. The van der Waals surface area contributed by atoms with E-state index in [0.29, 0.717) is 11.1 Å². The van der Waals surface area contributed by atoms with Gasteiger partial charge in [-0.05, 0) is 36.4 Å². The number of benzene rings is 2. The smallest absolute Gasteiger partial charge is 0.258 e.